The van der Waals surface area contributed by atoms with Crippen LogP contribution in [0.4, 0.5) is 17.6 Å². The maximum atomic E-state index is 14.3. The van der Waals surface area contributed by atoms with Crippen LogP contribution in [0.3, 0.4) is 0 Å². The second kappa shape index (κ2) is 17.7. The van der Waals surface area contributed by atoms with Gasteiger partial charge in [-0.05, 0) is 129 Å². The molecule has 1 aromatic carbocycles. The van der Waals surface area contributed by atoms with Crippen LogP contribution in [0, 0.1) is 12.7 Å². The third kappa shape index (κ3) is 9.11. The Morgan fingerprint density at radius 1 is 0.794 bits per heavy atom. The number of pyridine rings is 1. The summed E-state index contributed by atoms with van der Waals surface area (Å²) < 4.78 is 69.3. The average Bonchev–Trinajstić information content (AvgIpc) is 3.87. The highest BCUT2D eigenvalue weighted by atomic mass is 19.4. The van der Waals surface area contributed by atoms with Gasteiger partial charge in [-0.15, -0.1) is 0 Å². The summed E-state index contributed by atoms with van der Waals surface area (Å²) in [6, 6.07) is 14.3. The van der Waals surface area contributed by atoms with Gasteiger partial charge in [0, 0.05) is 77.2 Å². The molecule has 4 aliphatic heterocycles. The number of fused-ring (bicyclic) bond motifs is 4. The maximum Gasteiger partial charge on any atom is 0.431 e. The van der Waals surface area contributed by atoms with Crippen LogP contribution in [0.25, 0.3) is 0 Å². The number of halogens is 4. The zero-order valence-corrected chi connectivity index (χ0v) is 37.4. The van der Waals surface area contributed by atoms with Crippen molar-refractivity contribution in [3.63, 3.8) is 0 Å². The number of benzene rings is 1. The van der Waals surface area contributed by atoms with Crippen LogP contribution in [0.5, 0.6) is 11.5 Å². The number of carbonyl (C=O) groups excluding carboxylic acids is 3. The third-order valence-corrected chi connectivity index (χ3v) is 12.9. The Bertz CT molecular complexity index is 2340. The fourth-order valence-corrected chi connectivity index (χ4v) is 9.86. The lowest BCUT2D eigenvalue weighted by atomic mass is 9.81. The molecule has 16 heteroatoms. The molecule has 7 heterocycles. The van der Waals surface area contributed by atoms with Crippen LogP contribution in [-0.4, -0.2) is 104 Å². The van der Waals surface area contributed by atoms with Gasteiger partial charge in [-0.2, -0.15) is 13.2 Å². The predicted octanol–water partition coefficient (Wildman–Crippen LogP) is 8.06. The van der Waals surface area contributed by atoms with Crippen LogP contribution >= 0.6 is 0 Å². The first-order valence-corrected chi connectivity index (χ1v) is 21.9. The van der Waals surface area contributed by atoms with Gasteiger partial charge in [-0.1, -0.05) is 0 Å². The van der Waals surface area contributed by atoms with Crippen LogP contribution in [0.2, 0.25) is 0 Å². The van der Waals surface area contributed by atoms with Gasteiger partial charge >= 0.3 is 6.18 Å². The van der Waals surface area contributed by atoms with Crippen LogP contribution < -0.4 is 14.8 Å². The standard InChI is InChI=1S/C24H32N4O3.C23H27F4N3O2.H2/c1-16(2)31-21-8-6-19(25-17(21)3)23(30)27-12-10-24(11-13-27)22-9-7-20(18(4)29)28(22)15-14-26(24)5;1-14(2)32-18-5-4-16(12-17(18)24)21(31)29-10-8-22(9-11-29)19-6-7-20(23(25,26)27)30(19)13-15(3)28-22;/h6-9,16H,10-15H2,1-5H3;4-7,12,14-15,28H,8-11,13H2,1-3H3;1H. The zero-order valence-electron chi connectivity index (χ0n) is 37.4. The Kier molecular flexibility index (Phi) is 12.9. The summed E-state index contributed by atoms with van der Waals surface area (Å²) >= 11 is 0. The summed E-state index contributed by atoms with van der Waals surface area (Å²) in [4.78, 5) is 48.6. The molecule has 1 atom stereocenters. The summed E-state index contributed by atoms with van der Waals surface area (Å²) in [5.74, 6) is -0.0219. The smallest absolute Gasteiger partial charge is 0.431 e. The van der Waals surface area contributed by atoms with E-state index in [-0.39, 0.29) is 60.7 Å². The van der Waals surface area contributed by atoms with Gasteiger partial charge in [0.05, 0.1) is 34.7 Å². The number of carbonyl (C=O) groups is 3. The molecule has 4 aromatic rings. The predicted molar refractivity (Wildman–Crippen MR) is 232 cm³/mol. The van der Waals surface area contributed by atoms with Crippen LogP contribution in [0.1, 0.15) is 123 Å². The molecule has 4 aliphatic rings. The van der Waals surface area contributed by atoms with Crippen molar-refractivity contribution in [2.75, 3.05) is 39.8 Å². The minimum absolute atomic E-state index is 0. The van der Waals surface area contributed by atoms with E-state index in [1.165, 1.54) is 28.5 Å². The molecule has 0 aliphatic carbocycles. The molecule has 3 aromatic heterocycles. The number of piperidine rings is 2. The van der Waals surface area contributed by atoms with Crippen LogP contribution in [-0.2, 0) is 30.3 Å². The van der Waals surface area contributed by atoms with Gasteiger partial charge in [0.2, 0.25) is 0 Å². The summed E-state index contributed by atoms with van der Waals surface area (Å²) in [5.41, 5.74) is 2.60. The van der Waals surface area contributed by atoms with E-state index in [9.17, 15) is 31.9 Å². The first-order chi connectivity index (χ1) is 29.7. The molecule has 1 unspecified atom stereocenters. The monoisotopic (exact) mass is 879 g/mol. The molecule has 1 N–H and O–H groups in total. The number of ketones is 1. The van der Waals surface area contributed by atoms with Crippen molar-refractivity contribution in [1.82, 2.24) is 34.1 Å². The lowest BCUT2D eigenvalue weighted by Gasteiger charge is -2.50. The molecule has 63 heavy (non-hydrogen) atoms. The van der Waals surface area contributed by atoms with Gasteiger partial charge in [0.15, 0.2) is 17.3 Å². The molecule has 8 rings (SSSR count). The summed E-state index contributed by atoms with van der Waals surface area (Å²) in [7, 11) is 2.15. The lowest BCUT2D eigenvalue weighted by molar-refractivity contribution is -0.144. The van der Waals surface area contributed by atoms with Crippen molar-refractivity contribution < 1.29 is 42.8 Å². The number of alkyl halides is 3. The van der Waals surface area contributed by atoms with E-state index >= 15 is 0 Å². The molecule has 2 amide bonds. The van der Waals surface area contributed by atoms with Crippen molar-refractivity contribution in [1.29, 1.82) is 0 Å². The minimum Gasteiger partial charge on any atom is -0.489 e. The Morgan fingerprint density at radius 2 is 1.40 bits per heavy atom. The number of amides is 2. The Balaban J connectivity index is 0.000000209. The first kappa shape index (κ1) is 45.8. The third-order valence-electron chi connectivity index (χ3n) is 12.9. The number of hydrogen-bond donors (Lipinski definition) is 1. The second-order valence-corrected chi connectivity index (χ2v) is 17.9. The Hall–Kier alpha value is -5.22. The number of aryl methyl sites for hydroxylation is 1. The number of nitrogens with zero attached hydrogens (tertiary/aromatic N) is 6. The van der Waals surface area contributed by atoms with E-state index in [2.05, 4.69) is 32.9 Å². The van der Waals surface area contributed by atoms with E-state index in [4.69, 9.17) is 9.47 Å². The van der Waals surface area contributed by atoms with E-state index < -0.39 is 23.2 Å². The molecule has 0 radical (unpaired) electrons. The van der Waals surface area contributed by atoms with Crippen molar-refractivity contribution in [3.05, 3.63) is 100 Å². The van der Waals surface area contributed by atoms with Crippen molar-refractivity contribution >= 4 is 17.6 Å². The number of likely N-dealkylation sites (tertiary alicyclic amines) is 2. The molecule has 12 nitrogen and oxygen atoms in total. The van der Waals surface area contributed by atoms with Gasteiger partial charge in [-0.3, -0.25) is 19.3 Å². The number of Topliss-reactive ketones (excluding diaryl/α,β-unsaturated/α-hetero) is 1. The van der Waals surface area contributed by atoms with Gasteiger partial charge in [0.1, 0.15) is 17.1 Å². The number of nitrogens with one attached hydrogen (secondary N) is 1. The van der Waals surface area contributed by atoms with Gasteiger partial charge in [0.25, 0.3) is 11.8 Å². The summed E-state index contributed by atoms with van der Waals surface area (Å²) in [6.07, 6.45) is -1.92. The molecular formula is C47H61F4N7O5. The SMILES string of the molecule is CC(=O)c1ccc2n1CCN(C)C21CCN(C(=O)c2ccc(OC(C)C)c(C)n2)CC1.CC1Cn2c(C(F)(F)F)ccc2C2(CCN(C(=O)c3ccc(OC(C)C)c(F)c3)CC2)N1.[HH]. The quantitative estimate of drug-likeness (QED) is 0.147. The van der Waals surface area contributed by atoms with E-state index in [1.54, 1.807) is 37.8 Å². The molecule has 0 saturated carbocycles. The number of rotatable bonds is 7. The zero-order chi connectivity index (χ0) is 45.6. The summed E-state index contributed by atoms with van der Waals surface area (Å²) in [6.45, 7) is 16.9. The fourth-order valence-electron chi connectivity index (χ4n) is 9.86. The Labute approximate surface area is 368 Å². The highest BCUT2D eigenvalue weighted by Gasteiger charge is 2.47. The summed E-state index contributed by atoms with van der Waals surface area (Å²) in [5, 5.41) is 3.48. The average molecular weight is 880 g/mol. The minimum atomic E-state index is -4.41. The number of hydrogen-bond acceptors (Lipinski definition) is 8. The maximum absolute atomic E-state index is 14.3. The van der Waals surface area contributed by atoms with Crippen molar-refractivity contribution in [3.8, 4) is 11.5 Å². The highest BCUT2D eigenvalue weighted by molar-refractivity contribution is 5.95. The number of ether oxygens (including phenoxy) is 2. The molecule has 0 bridgehead atoms. The van der Waals surface area contributed by atoms with Gasteiger partial charge in [-0.25, -0.2) is 9.37 Å². The number of aromatic nitrogens is 3. The fraction of sp³-hybridized carbons (Fsp3) is 0.532. The molecule has 2 saturated heterocycles. The van der Waals surface area contributed by atoms with E-state index in [0.29, 0.717) is 50.4 Å². The van der Waals surface area contributed by atoms with Crippen molar-refractivity contribution in [2.45, 2.75) is 123 Å². The lowest BCUT2D eigenvalue weighted by Crippen LogP contribution is -2.59. The molecule has 342 valence electrons. The van der Waals surface area contributed by atoms with Crippen LogP contribution in [0.15, 0.2) is 54.6 Å². The largest absolute Gasteiger partial charge is 0.489 e. The van der Waals surface area contributed by atoms with E-state index in [0.717, 1.165) is 49.1 Å². The highest BCUT2D eigenvalue weighted by Crippen LogP contribution is 2.43. The molecule has 2 fully saturated rings. The normalized spacial score (nSPS) is 19.4. The van der Waals surface area contributed by atoms with Gasteiger partial charge < -0.3 is 33.7 Å². The molecule has 2 spiro atoms. The topological polar surface area (TPSA) is 114 Å². The van der Waals surface area contributed by atoms with Crippen molar-refractivity contribution in [2.24, 2.45) is 0 Å². The molecular weight excluding hydrogens is 819 g/mol. The second-order valence-electron chi connectivity index (χ2n) is 17.9. The Morgan fingerprint density at radius 3 is 2.00 bits per heavy atom. The number of likely N-dealkylation sites (N-methyl/N-ethyl adjacent to an activating group) is 1. The van der Waals surface area contributed by atoms with E-state index in [1.807, 2.05) is 44.7 Å². The first-order valence-electron chi connectivity index (χ1n) is 21.9.